The number of hydrogen-bond donors (Lipinski definition) is 2. The second-order valence-corrected chi connectivity index (χ2v) is 7.97. The van der Waals surface area contributed by atoms with Crippen molar-refractivity contribution in [3.63, 3.8) is 0 Å². The van der Waals surface area contributed by atoms with Crippen LogP contribution < -0.4 is 10.6 Å². The molecule has 1 heterocycles. The van der Waals surface area contributed by atoms with Gasteiger partial charge in [-0.3, -0.25) is 14.4 Å². The standard InChI is InChI=1S/C24H30N4O3/c1-27(2)23(30)13-8-18-6-5-7-21(16-18)25-17-22(29)26-20-11-9-19(10-12-20)24(31)28-14-3-4-15-28/h5-7,9-12,16,25H,3-4,8,13-15,17H2,1-2H3,(H,26,29). The zero-order valence-electron chi connectivity index (χ0n) is 18.2. The summed E-state index contributed by atoms with van der Waals surface area (Å²) in [6.45, 7) is 1.75. The highest BCUT2D eigenvalue weighted by Crippen LogP contribution is 2.16. The molecule has 1 saturated heterocycles. The van der Waals surface area contributed by atoms with E-state index in [1.165, 1.54) is 0 Å². The van der Waals surface area contributed by atoms with E-state index in [4.69, 9.17) is 0 Å². The number of nitrogens with zero attached hydrogens (tertiary/aromatic N) is 2. The van der Waals surface area contributed by atoms with Crippen LogP contribution in [0.1, 0.15) is 35.2 Å². The Morgan fingerprint density at radius 3 is 2.35 bits per heavy atom. The lowest BCUT2D eigenvalue weighted by Crippen LogP contribution is -2.27. The van der Waals surface area contributed by atoms with E-state index >= 15 is 0 Å². The molecule has 1 aliphatic heterocycles. The van der Waals surface area contributed by atoms with Crippen molar-refractivity contribution in [1.82, 2.24) is 9.80 Å². The van der Waals surface area contributed by atoms with E-state index < -0.39 is 0 Å². The average Bonchev–Trinajstić information content (AvgIpc) is 3.31. The lowest BCUT2D eigenvalue weighted by molar-refractivity contribution is -0.128. The van der Waals surface area contributed by atoms with Crippen molar-refractivity contribution in [2.45, 2.75) is 25.7 Å². The molecule has 0 unspecified atom stereocenters. The van der Waals surface area contributed by atoms with Crippen LogP contribution in [0.5, 0.6) is 0 Å². The quantitative estimate of drug-likeness (QED) is 0.685. The highest BCUT2D eigenvalue weighted by atomic mass is 16.2. The largest absolute Gasteiger partial charge is 0.376 e. The normalized spacial score (nSPS) is 13.0. The van der Waals surface area contributed by atoms with E-state index in [1.807, 2.05) is 29.2 Å². The number of carbonyl (C=O) groups excluding carboxylic acids is 3. The summed E-state index contributed by atoms with van der Waals surface area (Å²) in [4.78, 5) is 39.9. The third kappa shape index (κ3) is 6.57. The van der Waals surface area contributed by atoms with Crippen LogP contribution in [0.3, 0.4) is 0 Å². The van der Waals surface area contributed by atoms with Gasteiger partial charge in [0, 0.05) is 50.5 Å². The molecule has 0 radical (unpaired) electrons. The summed E-state index contributed by atoms with van der Waals surface area (Å²) in [6, 6.07) is 14.7. The first kappa shape index (κ1) is 22.3. The van der Waals surface area contributed by atoms with Gasteiger partial charge in [0.1, 0.15) is 0 Å². The van der Waals surface area contributed by atoms with Gasteiger partial charge in [0.2, 0.25) is 11.8 Å². The maximum atomic E-state index is 12.4. The zero-order valence-corrected chi connectivity index (χ0v) is 18.2. The molecule has 7 heteroatoms. The van der Waals surface area contributed by atoms with Gasteiger partial charge in [-0.15, -0.1) is 0 Å². The van der Waals surface area contributed by atoms with Crippen LogP contribution in [-0.2, 0) is 16.0 Å². The van der Waals surface area contributed by atoms with Crippen LogP contribution in [0.15, 0.2) is 48.5 Å². The van der Waals surface area contributed by atoms with Crippen LogP contribution in [0.4, 0.5) is 11.4 Å². The molecule has 164 valence electrons. The Bertz CT molecular complexity index is 919. The van der Waals surface area contributed by atoms with Gasteiger partial charge in [0.05, 0.1) is 6.54 Å². The van der Waals surface area contributed by atoms with Gasteiger partial charge in [0.15, 0.2) is 0 Å². The zero-order chi connectivity index (χ0) is 22.2. The summed E-state index contributed by atoms with van der Waals surface area (Å²) >= 11 is 0. The number of hydrogen-bond acceptors (Lipinski definition) is 4. The molecule has 1 aliphatic rings. The van der Waals surface area contributed by atoms with Gasteiger partial charge >= 0.3 is 0 Å². The van der Waals surface area contributed by atoms with Gasteiger partial charge in [-0.05, 0) is 61.2 Å². The van der Waals surface area contributed by atoms with Gasteiger partial charge in [-0.2, -0.15) is 0 Å². The molecule has 7 nitrogen and oxygen atoms in total. The summed E-state index contributed by atoms with van der Waals surface area (Å²) in [5, 5.41) is 5.95. The molecule has 3 amide bonds. The second kappa shape index (κ2) is 10.6. The van der Waals surface area contributed by atoms with Crippen molar-refractivity contribution in [1.29, 1.82) is 0 Å². The Morgan fingerprint density at radius 1 is 0.968 bits per heavy atom. The van der Waals surface area contributed by atoms with Crippen LogP contribution in [0, 0.1) is 0 Å². The molecule has 31 heavy (non-hydrogen) atoms. The maximum absolute atomic E-state index is 12.4. The monoisotopic (exact) mass is 422 g/mol. The molecule has 0 aromatic heterocycles. The summed E-state index contributed by atoms with van der Waals surface area (Å²) in [7, 11) is 3.50. The first-order chi connectivity index (χ1) is 14.9. The van der Waals surface area contributed by atoms with E-state index in [1.54, 1.807) is 43.3 Å². The molecule has 2 N–H and O–H groups in total. The van der Waals surface area contributed by atoms with Crippen LogP contribution in [0.2, 0.25) is 0 Å². The number of carbonyl (C=O) groups is 3. The molecule has 2 aromatic carbocycles. The number of amides is 3. The van der Waals surface area contributed by atoms with Crippen molar-refractivity contribution in [2.24, 2.45) is 0 Å². The number of nitrogens with one attached hydrogen (secondary N) is 2. The predicted octanol–water partition coefficient (Wildman–Crippen LogP) is 2.99. The number of likely N-dealkylation sites (tertiary alicyclic amines) is 1. The lowest BCUT2D eigenvalue weighted by atomic mass is 10.1. The number of rotatable bonds is 8. The molecule has 0 aliphatic carbocycles. The smallest absolute Gasteiger partial charge is 0.253 e. The van der Waals surface area contributed by atoms with E-state index in [0.29, 0.717) is 24.1 Å². The Labute approximate surface area is 183 Å². The minimum atomic E-state index is -0.174. The van der Waals surface area contributed by atoms with Crippen molar-refractivity contribution in [3.8, 4) is 0 Å². The molecule has 0 saturated carbocycles. The SMILES string of the molecule is CN(C)C(=O)CCc1cccc(NCC(=O)Nc2ccc(C(=O)N3CCCC3)cc2)c1. The first-order valence-electron chi connectivity index (χ1n) is 10.6. The Balaban J connectivity index is 1.47. The maximum Gasteiger partial charge on any atom is 0.253 e. The van der Waals surface area contributed by atoms with Crippen LogP contribution >= 0.6 is 0 Å². The molecule has 0 atom stereocenters. The van der Waals surface area contributed by atoms with Crippen molar-refractivity contribution < 1.29 is 14.4 Å². The molecule has 3 rings (SSSR count). The van der Waals surface area contributed by atoms with Crippen LogP contribution in [-0.4, -0.2) is 61.3 Å². The Morgan fingerprint density at radius 2 is 1.68 bits per heavy atom. The van der Waals surface area contributed by atoms with Gasteiger partial charge in [0.25, 0.3) is 5.91 Å². The second-order valence-electron chi connectivity index (χ2n) is 7.97. The van der Waals surface area contributed by atoms with Crippen molar-refractivity contribution >= 4 is 29.1 Å². The summed E-state index contributed by atoms with van der Waals surface area (Å²) in [6.07, 6.45) is 3.22. The average molecular weight is 423 g/mol. The van der Waals surface area contributed by atoms with Gasteiger partial charge in [-0.25, -0.2) is 0 Å². The topological polar surface area (TPSA) is 81.8 Å². The number of benzene rings is 2. The summed E-state index contributed by atoms with van der Waals surface area (Å²) in [5.74, 6) is -0.0399. The highest BCUT2D eigenvalue weighted by molar-refractivity contribution is 5.96. The number of aryl methyl sites for hydroxylation is 1. The first-order valence-corrected chi connectivity index (χ1v) is 10.6. The van der Waals surface area contributed by atoms with Crippen molar-refractivity contribution in [2.75, 3.05) is 44.4 Å². The fourth-order valence-electron chi connectivity index (χ4n) is 3.50. The van der Waals surface area contributed by atoms with Gasteiger partial charge in [-0.1, -0.05) is 12.1 Å². The van der Waals surface area contributed by atoms with Crippen molar-refractivity contribution in [3.05, 3.63) is 59.7 Å². The fourth-order valence-corrected chi connectivity index (χ4v) is 3.50. The minimum Gasteiger partial charge on any atom is -0.376 e. The molecule has 0 spiro atoms. The Hall–Kier alpha value is -3.35. The third-order valence-electron chi connectivity index (χ3n) is 5.32. The molecular formula is C24H30N4O3. The summed E-state index contributed by atoms with van der Waals surface area (Å²) in [5.41, 5.74) is 3.17. The summed E-state index contributed by atoms with van der Waals surface area (Å²) < 4.78 is 0. The molecule has 2 aromatic rings. The van der Waals surface area contributed by atoms with E-state index in [0.717, 1.165) is 37.2 Å². The third-order valence-corrected chi connectivity index (χ3v) is 5.32. The van der Waals surface area contributed by atoms with Crippen LogP contribution in [0.25, 0.3) is 0 Å². The highest BCUT2D eigenvalue weighted by Gasteiger charge is 2.19. The van der Waals surface area contributed by atoms with E-state index in [9.17, 15) is 14.4 Å². The van der Waals surface area contributed by atoms with E-state index in [-0.39, 0.29) is 24.3 Å². The Kier molecular flexibility index (Phi) is 7.65. The predicted molar refractivity (Wildman–Crippen MR) is 122 cm³/mol. The van der Waals surface area contributed by atoms with Gasteiger partial charge < -0.3 is 20.4 Å². The molecule has 0 bridgehead atoms. The lowest BCUT2D eigenvalue weighted by Gasteiger charge is -2.15. The number of anilines is 2. The fraction of sp³-hybridized carbons (Fsp3) is 0.375. The molecule has 1 fully saturated rings. The minimum absolute atomic E-state index is 0.0456. The van der Waals surface area contributed by atoms with E-state index in [2.05, 4.69) is 10.6 Å². The molecular weight excluding hydrogens is 392 g/mol.